The molecule has 1 N–H and O–H groups in total. The van der Waals surface area contributed by atoms with E-state index in [4.69, 9.17) is 4.74 Å². The minimum absolute atomic E-state index is 0. The van der Waals surface area contributed by atoms with Crippen LogP contribution < -0.4 is 5.32 Å². The fraction of sp³-hybridized carbons (Fsp3) is 0.667. The molecule has 0 radical (unpaired) electrons. The second-order valence-electron chi connectivity index (χ2n) is 7.78. The van der Waals surface area contributed by atoms with E-state index < -0.39 is 10.0 Å². The lowest BCUT2D eigenvalue weighted by Gasteiger charge is -2.35. The van der Waals surface area contributed by atoms with Crippen LogP contribution in [0.3, 0.4) is 0 Å². The van der Waals surface area contributed by atoms with E-state index in [0.29, 0.717) is 26.2 Å². The Hall–Kier alpha value is -0.910. The van der Waals surface area contributed by atoms with Crippen LogP contribution in [0.5, 0.6) is 0 Å². The summed E-state index contributed by atoms with van der Waals surface area (Å²) in [6, 6.07) is 6.53. The number of aliphatic imine (C=N–C) groups is 1. The standard InChI is InChI=1S/C21H36N4O3S.HI/c1-17(2)28-14-15-29(26,27)25-12-10-24(11-13-25)21(22-5)23-9-8-20-7-6-18(3)16-19(20)4;/h6-7,16-17H,8-15H2,1-5H3,(H,22,23);1H. The fourth-order valence-electron chi connectivity index (χ4n) is 3.46. The monoisotopic (exact) mass is 552 g/mol. The first-order valence-electron chi connectivity index (χ1n) is 10.3. The highest BCUT2D eigenvalue weighted by molar-refractivity contribution is 14.0. The zero-order chi connectivity index (χ0) is 21.4. The molecule has 172 valence electrons. The Kier molecular flexibility index (Phi) is 11.6. The van der Waals surface area contributed by atoms with Crippen molar-refractivity contribution in [3.05, 3.63) is 34.9 Å². The Balaban J connectivity index is 0.00000450. The Bertz CT molecular complexity index is 791. The number of nitrogens with zero attached hydrogens (tertiary/aromatic N) is 3. The zero-order valence-electron chi connectivity index (χ0n) is 18.8. The van der Waals surface area contributed by atoms with Crippen molar-refractivity contribution in [2.45, 2.75) is 40.2 Å². The third-order valence-electron chi connectivity index (χ3n) is 5.11. The van der Waals surface area contributed by atoms with Crippen LogP contribution >= 0.6 is 24.0 Å². The highest BCUT2D eigenvalue weighted by atomic mass is 127. The van der Waals surface area contributed by atoms with Crippen molar-refractivity contribution in [3.8, 4) is 0 Å². The molecule has 1 saturated heterocycles. The maximum absolute atomic E-state index is 12.5. The van der Waals surface area contributed by atoms with Gasteiger partial charge in [-0.3, -0.25) is 4.99 Å². The van der Waals surface area contributed by atoms with Gasteiger partial charge in [-0.25, -0.2) is 8.42 Å². The molecule has 1 aromatic rings. The summed E-state index contributed by atoms with van der Waals surface area (Å²) in [6.07, 6.45) is 0.968. The Morgan fingerprint density at radius 2 is 1.87 bits per heavy atom. The minimum atomic E-state index is -3.27. The van der Waals surface area contributed by atoms with Crippen LogP contribution in [0.1, 0.15) is 30.5 Å². The number of aryl methyl sites for hydroxylation is 2. The van der Waals surface area contributed by atoms with Gasteiger partial charge in [0.05, 0.1) is 18.5 Å². The molecule has 1 aliphatic rings. The van der Waals surface area contributed by atoms with Crippen LogP contribution in [0.4, 0.5) is 0 Å². The SMILES string of the molecule is CN=C(NCCc1ccc(C)cc1C)N1CCN(S(=O)(=O)CCOC(C)C)CC1.I. The average molecular weight is 553 g/mol. The third kappa shape index (κ3) is 8.32. The van der Waals surface area contributed by atoms with E-state index in [1.54, 1.807) is 11.4 Å². The molecule has 0 unspecified atom stereocenters. The predicted octanol–water partition coefficient (Wildman–Crippen LogP) is 2.41. The van der Waals surface area contributed by atoms with Gasteiger partial charge in [-0.2, -0.15) is 4.31 Å². The molecule has 7 nitrogen and oxygen atoms in total. The molecule has 0 aliphatic carbocycles. The normalized spacial score (nSPS) is 15.9. The molecule has 9 heteroatoms. The number of benzene rings is 1. The van der Waals surface area contributed by atoms with Crippen molar-refractivity contribution in [2.24, 2.45) is 4.99 Å². The van der Waals surface area contributed by atoms with Crippen LogP contribution in [-0.2, 0) is 21.2 Å². The van der Waals surface area contributed by atoms with Gasteiger partial charge in [0.25, 0.3) is 0 Å². The summed E-state index contributed by atoms with van der Waals surface area (Å²) in [6.45, 7) is 11.3. The van der Waals surface area contributed by atoms with Gasteiger partial charge >= 0.3 is 0 Å². The van der Waals surface area contributed by atoms with E-state index in [1.165, 1.54) is 16.7 Å². The highest BCUT2D eigenvalue weighted by Crippen LogP contribution is 2.11. The van der Waals surface area contributed by atoms with E-state index in [9.17, 15) is 8.42 Å². The van der Waals surface area contributed by atoms with Crippen LogP contribution in [0.15, 0.2) is 23.2 Å². The van der Waals surface area contributed by atoms with Crippen LogP contribution in [0, 0.1) is 13.8 Å². The number of hydrogen-bond acceptors (Lipinski definition) is 4. The maximum atomic E-state index is 12.5. The van der Waals surface area contributed by atoms with Crippen molar-refractivity contribution < 1.29 is 13.2 Å². The summed E-state index contributed by atoms with van der Waals surface area (Å²) in [4.78, 5) is 6.50. The first-order valence-corrected chi connectivity index (χ1v) is 11.9. The lowest BCUT2D eigenvalue weighted by Crippen LogP contribution is -2.54. The van der Waals surface area contributed by atoms with Gasteiger partial charge in [-0.15, -0.1) is 24.0 Å². The number of ether oxygens (including phenoxy) is 1. The molecule has 0 bridgehead atoms. The quantitative estimate of drug-likeness (QED) is 0.305. The van der Waals surface area contributed by atoms with E-state index >= 15 is 0 Å². The van der Waals surface area contributed by atoms with Crippen LogP contribution in [0.25, 0.3) is 0 Å². The second-order valence-corrected chi connectivity index (χ2v) is 9.86. The highest BCUT2D eigenvalue weighted by Gasteiger charge is 2.27. The number of halogens is 1. The largest absolute Gasteiger partial charge is 0.378 e. The molecule has 30 heavy (non-hydrogen) atoms. The van der Waals surface area contributed by atoms with Crippen molar-refractivity contribution in [3.63, 3.8) is 0 Å². The molecule has 0 spiro atoms. The summed E-state index contributed by atoms with van der Waals surface area (Å²) in [5.74, 6) is 0.864. The van der Waals surface area contributed by atoms with Crippen LogP contribution in [-0.4, -0.2) is 81.8 Å². The summed E-state index contributed by atoms with van der Waals surface area (Å²) >= 11 is 0. The van der Waals surface area contributed by atoms with E-state index in [2.05, 4.69) is 47.3 Å². The van der Waals surface area contributed by atoms with Crippen molar-refractivity contribution >= 4 is 40.0 Å². The average Bonchev–Trinajstić information content (AvgIpc) is 2.66. The van der Waals surface area contributed by atoms with Gasteiger partial charge in [0.1, 0.15) is 0 Å². The maximum Gasteiger partial charge on any atom is 0.216 e. The Morgan fingerprint density at radius 3 is 2.43 bits per heavy atom. The number of hydrogen-bond donors (Lipinski definition) is 1. The summed E-state index contributed by atoms with van der Waals surface area (Å²) in [7, 11) is -1.51. The zero-order valence-corrected chi connectivity index (χ0v) is 22.0. The molecule has 0 amide bonds. The Labute approximate surface area is 199 Å². The summed E-state index contributed by atoms with van der Waals surface area (Å²) in [5.41, 5.74) is 3.92. The summed E-state index contributed by atoms with van der Waals surface area (Å²) in [5, 5.41) is 3.42. The molecule has 1 aliphatic heterocycles. The van der Waals surface area contributed by atoms with Gasteiger partial charge in [0.15, 0.2) is 5.96 Å². The number of piperazine rings is 1. The van der Waals surface area contributed by atoms with Gasteiger partial charge in [-0.05, 0) is 45.2 Å². The molecular weight excluding hydrogens is 515 g/mol. The van der Waals surface area contributed by atoms with Crippen molar-refractivity contribution in [2.75, 3.05) is 52.1 Å². The van der Waals surface area contributed by atoms with E-state index in [1.807, 2.05) is 13.8 Å². The number of sulfonamides is 1. The van der Waals surface area contributed by atoms with Gasteiger partial charge in [-0.1, -0.05) is 23.8 Å². The third-order valence-corrected chi connectivity index (χ3v) is 6.95. The first-order chi connectivity index (χ1) is 13.7. The van der Waals surface area contributed by atoms with E-state index in [-0.39, 0.29) is 42.4 Å². The fourth-order valence-corrected chi connectivity index (χ4v) is 4.75. The molecular formula is C21H37IN4O3S. The molecule has 1 aromatic carbocycles. The topological polar surface area (TPSA) is 74.2 Å². The smallest absolute Gasteiger partial charge is 0.216 e. The molecule has 0 atom stereocenters. The second kappa shape index (κ2) is 12.8. The molecule has 0 saturated carbocycles. The van der Waals surface area contributed by atoms with Crippen LogP contribution in [0.2, 0.25) is 0 Å². The lowest BCUT2D eigenvalue weighted by molar-refractivity contribution is 0.0904. The Morgan fingerprint density at radius 1 is 1.20 bits per heavy atom. The minimum Gasteiger partial charge on any atom is -0.378 e. The molecule has 1 fully saturated rings. The number of rotatable bonds is 8. The summed E-state index contributed by atoms with van der Waals surface area (Å²) < 4.78 is 31.9. The predicted molar refractivity (Wildman–Crippen MR) is 134 cm³/mol. The molecule has 2 rings (SSSR count). The van der Waals surface area contributed by atoms with Gasteiger partial charge in [0.2, 0.25) is 10.0 Å². The lowest BCUT2D eigenvalue weighted by atomic mass is 10.0. The first kappa shape index (κ1) is 27.1. The molecule has 0 aromatic heterocycles. The van der Waals surface area contributed by atoms with Crippen molar-refractivity contribution in [1.82, 2.24) is 14.5 Å². The van der Waals surface area contributed by atoms with Gasteiger partial charge < -0.3 is 15.0 Å². The number of guanidine groups is 1. The van der Waals surface area contributed by atoms with E-state index in [0.717, 1.165) is 18.9 Å². The number of nitrogens with one attached hydrogen (secondary N) is 1. The molecule has 1 heterocycles. The van der Waals surface area contributed by atoms with Gasteiger partial charge in [0, 0.05) is 39.8 Å². The van der Waals surface area contributed by atoms with Crippen molar-refractivity contribution in [1.29, 1.82) is 0 Å².